The van der Waals surface area contributed by atoms with Crippen LogP contribution in [-0.4, -0.2) is 16.3 Å². The van der Waals surface area contributed by atoms with E-state index in [0.717, 1.165) is 10.0 Å². The monoisotopic (exact) mass is 340 g/mol. The van der Waals surface area contributed by atoms with E-state index in [1.807, 2.05) is 18.2 Å². The molecule has 0 aliphatic carbocycles. The van der Waals surface area contributed by atoms with Gasteiger partial charge in [0.25, 0.3) is 0 Å². The molecule has 1 aromatic heterocycles. The van der Waals surface area contributed by atoms with Crippen molar-refractivity contribution in [3.63, 3.8) is 0 Å². The van der Waals surface area contributed by atoms with Crippen molar-refractivity contribution in [2.24, 2.45) is 0 Å². The van der Waals surface area contributed by atoms with Gasteiger partial charge in [0.2, 0.25) is 0 Å². The summed E-state index contributed by atoms with van der Waals surface area (Å²) in [5.74, 6) is 1.06. The summed E-state index contributed by atoms with van der Waals surface area (Å²) in [6.07, 6.45) is 3.09. The minimum absolute atomic E-state index is 0.344. The average molecular weight is 341 g/mol. The van der Waals surface area contributed by atoms with E-state index in [4.69, 9.17) is 10.5 Å². The van der Waals surface area contributed by atoms with Gasteiger partial charge in [-0.25, -0.2) is 0 Å². The molecule has 0 spiro atoms. The van der Waals surface area contributed by atoms with Crippen molar-refractivity contribution >= 4 is 32.4 Å². The molecule has 0 radical (unpaired) electrons. The molecular formula is C13H13BrN2O2S. The van der Waals surface area contributed by atoms with Gasteiger partial charge in [0.05, 0.1) is 40.4 Å². The number of pyridine rings is 1. The Kier molecular flexibility index (Phi) is 4.55. The molecule has 1 atom stereocenters. The molecule has 6 heteroatoms. The zero-order chi connectivity index (χ0) is 13.8. The van der Waals surface area contributed by atoms with Crippen LogP contribution in [0.3, 0.4) is 0 Å². The molecule has 0 amide bonds. The van der Waals surface area contributed by atoms with E-state index in [9.17, 15) is 4.21 Å². The lowest BCUT2D eigenvalue weighted by molar-refractivity contribution is 0.411. The van der Waals surface area contributed by atoms with Gasteiger partial charge in [0.15, 0.2) is 0 Å². The van der Waals surface area contributed by atoms with Crippen LogP contribution in [0, 0.1) is 0 Å². The van der Waals surface area contributed by atoms with Gasteiger partial charge in [-0.15, -0.1) is 0 Å². The Labute approximate surface area is 122 Å². The molecular weight excluding hydrogens is 328 g/mol. The molecule has 0 fully saturated rings. The first-order chi connectivity index (χ1) is 9.11. The Morgan fingerprint density at radius 3 is 2.89 bits per heavy atom. The summed E-state index contributed by atoms with van der Waals surface area (Å²) in [5.41, 5.74) is 7.09. The third-order valence-electron chi connectivity index (χ3n) is 2.58. The second kappa shape index (κ2) is 6.16. The molecule has 0 aliphatic heterocycles. The minimum atomic E-state index is -1.23. The molecule has 19 heavy (non-hydrogen) atoms. The molecule has 1 heterocycles. The van der Waals surface area contributed by atoms with E-state index in [2.05, 4.69) is 20.9 Å². The lowest BCUT2D eigenvalue weighted by Crippen LogP contribution is -2.02. The maximum atomic E-state index is 12.3. The van der Waals surface area contributed by atoms with E-state index in [-0.39, 0.29) is 0 Å². The molecule has 0 saturated carbocycles. The predicted octanol–water partition coefficient (Wildman–Crippen LogP) is 2.74. The summed E-state index contributed by atoms with van der Waals surface area (Å²) in [5, 5.41) is 0. The van der Waals surface area contributed by atoms with E-state index in [0.29, 0.717) is 22.1 Å². The SMILES string of the molecule is COc1ccc(Br)cc1CS(=O)c1ccncc1N. The molecule has 0 aliphatic rings. The third kappa shape index (κ3) is 3.33. The van der Waals surface area contributed by atoms with Crippen LogP contribution in [-0.2, 0) is 16.6 Å². The Morgan fingerprint density at radius 2 is 2.21 bits per heavy atom. The highest BCUT2D eigenvalue weighted by atomic mass is 79.9. The smallest absolute Gasteiger partial charge is 0.123 e. The number of nitrogen functional groups attached to an aromatic ring is 1. The van der Waals surface area contributed by atoms with Crippen LogP contribution < -0.4 is 10.5 Å². The number of benzene rings is 1. The highest BCUT2D eigenvalue weighted by Crippen LogP contribution is 2.26. The quantitative estimate of drug-likeness (QED) is 0.929. The van der Waals surface area contributed by atoms with Gasteiger partial charge in [-0.2, -0.15) is 0 Å². The van der Waals surface area contributed by atoms with Gasteiger partial charge in [-0.1, -0.05) is 15.9 Å². The Hall–Kier alpha value is -1.40. The van der Waals surface area contributed by atoms with Crippen LogP contribution in [0.2, 0.25) is 0 Å². The predicted molar refractivity (Wildman–Crippen MR) is 79.5 cm³/mol. The summed E-state index contributed by atoms with van der Waals surface area (Å²) >= 11 is 3.40. The van der Waals surface area contributed by atoms with Crippen molar-refractivity contribution in [1.82, 2.24) is 4.98 Å². The molecule has 100 valence electrons. The molecule has 0 saturated heterocycles. The number of ether oxygens (including phenoxy) is 1. The van der Waals surface area contributed by atoms with Crippen molar-refractivity contribution in [3.05, 3.63) is 46.7 Å². The lowest BCUT2D eigenvalue weighted by Gasteiger charge is -2.10. The zero-order valence-corrected chi connectivity index (χ0v) is 12.7. The van der Waals surface area contributed by atoms with E-state index in [1.165, 1.54) is 6.20 Å². The fourth-order valence-corrected chi connectivity index (χ4v) is 3.28. The first-order valence-electron chi connectivity index (χ1n) is 5.52. The highest BCUT2D eigenvalue weighted by molar-refractivity contribution is 9.10. The summed E-state index contributed by atoms with van der Waals surface area (Å²) in [4.78, 5) is 4.49. The molecule has 2 N–H and O–H groups in total. The third-order valence-corrected chi connectivity index (χ3v) is 4.51. The van der Waals surface area contributed by atoms with Crippen LogP contribution in [0.4, 0.5) is 5.69 Å². The maximum Gasteiger partial charge on any atom is 0.123 e. The molecule has 2 rings (SSSR count). The fourth-order valence-electron chi connectivity index (χ4n) is 1.68. The standard InChI is InChI=1S/C13H13BrN2O2S/c1-18-12-3-2-10(14)6-9(12)8-19(17)13-4-5-16-7-11(13)15/h2-7H,8,15H2,1H3. The van der Waals surface area contributed by atoms with Crippen molar-refractivity contribution < 1.29 is 8.95 Å². The largest absolute Gasteiger partial charge is 0.496 e. The van der Waals surface area contributed by atoms with Crippen molar-refractivity contribution in [1.29, 1.82) is 0 Å². The first-order valence-corrected chi connectivity index (χ1v) is 7.63. The average Bonchev–Trinajstić information content (AvgIpc) is 2.39. The number of anilines is 1. The van der Waals surface area contributed by atoms with Gasteiger partial charge in [-0.05, 0) is 24.3 Å². The van der Waals surface area contributed by atoms with E-state index >= 15 is 0 Å². The van der Waals surface area contributed by atoms with Crippen molar-refractivity contribution in [3.8, 4) is 5.75 Å². The van der Waals surface area contributed by atoms with E-state index in [1.54, 1.807) is 19.4 Å². The fraction of sp³-hybridized carbons (Fsp3) is 0.154. The highest BCUT2D eigenvalue weighted by Gasteiger charge is 2.12. The topological polar surface area (TPSA) is 65.2 Å². The van der Waals surface area contributed by atoms with Crippen molar-refractivity contribution in [2.75, 3.05) is 12.8 Å². The number of nitrogens with zero attached hydrogens (tertiary/aromatic N) is 1. The van der Waals surface area contributed by atoms with Crippen LogP contribution in [0.15, 0.2) is 46.0 Å². The Morgan fingerprint density at radius 1 is 1.42 bits per heavy atom. The number of halogens is 1. The maximum absolute atomic E-state index is 12.3. The lowest BCUT2D eigenvalue weighted by atomic mass is 10.2. The van der Waals surface area contributed by atoms with Gasteiger partial charge in [-0.3, -0.25) is 9.19 Å². The van der Waals surface area contributed by atoms with Crippen molar-refractivity contribution in [2.45, 2.75) is 10.6 Å². The second-order valence-corrected chi connectivity index (χ2v) is 6.19. The zero-order valence-electron chi connectivity index (χ0n) is 10.3. The Bertz CT molecular complexity index is 619. The summed E-state index contributed by atoms with van der Waals surface area (Å²) < 4.78 is 18.5. The summed E-state index contributed by atoms with van der Waals surface area (Å²) in [6, 6.07) is 7.29. The number of hydrogen-bond acceptors (Lipinski definition) is 4. The molecule has 1 unspecified atom stereocenters. The van der Waals surface area contributed by atoms with Gasteiger partial charge < -0.3 is 10.5 Å². The second-order valence-electron chi connectivity index (χ2n) is 3.86. The number of hydrogen-bond donors (Lipinski definition) is 1. The van der Waals surface area contributed by atoms with Gasteiger partial charge >= 0.3 is 0 Å². The number of rotatable bonds is 4. The minimum Gasteiger partial charge on any atom is -0.496 e. The first kappa shape index (κ1) is 14.0. The van der Waals surface area contributed by atoms with Crippen LogP contribution >= 0.6 is 15.9 Å². The molecule has 2 aromatic rings. The normalized spacial score (nSPS) is 12.1. The number of methoxy groups -OCH3 is 1. The van der Waals surface area contributed by atoms with Gasteiger partial charge in [0, 0.05) is 16.2 Å². The number of aromatic nitrogens is 1. The molecule has 4 nitrogen and oxygen atoms in total. The van der Waals surface area contributed by atoms with Crippen LogP contribution in [0.5, 0.6) is 5.75 Å². The van der Waals surface area contributed by atoms with Crippen LogP contribution in [0.1, 0.15) is 5.56 Å². The molecule has 1 aromatic carbocycles. The van der Waals surface area contributed by atoms with E-state index < -0.39 is 10.8 Å². The number of nitrogens with two attached hydrogens (primary N) is 1. The molecule has 0 bridgehead atoms. The summed E-state index contributed by atoms with van der Waals surface area (Å²) in [6.45, 7) is 0. The van der Waals surface area contributed by atoms with Gasteiger partial charge in [0.1, 0.15) is 5.75 Å². The Balaban J connectivity index is 2.29. The summed E-state index contributed by atoms with van der Waals surface area (Å²) in [7, 11) is 0.362. The van der Waals surface area contributed by atoms with Crippen LogP contribution in [0.25, 0.3) is 0 Å².